The van der Waals surface area contributed by atoms with Crippen LogP contribution in [0.3, 0.4) is 0 Å². The molecule has 1 heterocycles. The summed E-state index contributed by atoms with van der Waals surface area (Å²) >= 11 is 7.14. The summed E-state index contributed by atoms with van der Waals surface area (Å²) in [6, 6.07) is 0. The average Bonchev–Trinajstić information content (AvgIpc) is 1.75. The third kappa shape index (κ3) is 0.536. The quantitative estimate of drug-likeness (QED) is 0.322. The van der Waals surface area contributed by atoms with Crippen LogP contribution in [0.4, 0.5) is 0 Å². The second-order valence-corrected chi connectivity index (χ2v) is 2.76. The van der Waals surface area contributed by atoms with E-state index in [9.17, 15) is 0 Å². The molecule has 0 nitrogen and oxygen atoms in total. The van der Waals surface area contributed by atoms with Crippen molar-refractivity contribution in [3.8, 4) is 0 Å². The molecule has 0 N–H and O–H groups in total. The van der Waals surface area contributed by atoms with Crippen molar-refractivity contribution in [3.05, 3.63) is 0 Å². The third-order valence-corrected chi connectivity index (χ3v) is 1.63. The van der Waals surface area contributed by atoms with E-state index >= 15 is 0 Å². The van der Waals surface area contributed by atoms with Gasteiger partial charge >= 0.3 is 0 Å². The van der Waals surface area contributed by atoms with E-state index in [-0.39, 0.29) is 0 Å². The molecule has 1 saturated heterocycles. The Kier molecular flexibility index (Phi) is 0.569. The van der Waals surface area contributed by atoms with Gasteiger partial charge in [-0.25, -0.2) is 0 Å². The van der Waals surface area contributed by atoms with Gasteiger partial charge in [0.2, 0.25) is 0 Å². The second-order valence-electron chi connectivity index (χ2n) is 0.743. The highest BCUT2D eigenvalue weighted by Crippen LogP contribution is 2.32. The fourth-order valence-electron chi connectivity index (χ4n) is 0.0364. The molecule has 24 valence electrons. The van der Waals surface area contributed by atoms with Crippen LogP contribution in [0.5, 0.6) is 0 Å². The molecule has 0 aromatic heterocycles. The van der Waals surface area contributed by atoms with Crippen molar-refractivity contribution >= 4 is 23.4 Å². The molecule has 1 rings (SSSR count). The zero-order valence-corrected chi connectivity index (χ0v) is 3.64. The fraction of sp³-hybridized carbons (Fsp3) is 1.00. The maximum Gasteiger partial charge on any atom is 0.0880 e. The molecule has 0 bridgehead atoms. The van der Waals surface area contributed by atoms with Crippen LogP contribution in [0.15, 0.2) is 0 Å². The molecule has 1 fully saturated rings. The average molecular weight is 94.6 g/mol. The zero-order chi connectivity index (χ0) is 2.99. The minimum absolute atomic E-state index is 0.472. The Morgan fingerprint density at radius 3 is 2.25 bits per heavy atom. The summed E-state index contributed by atoms with van der Waals surface area (Å²) in [6.07, 6.45) is 0. The molecule has 1 unspecified atom stereocenters. The van der Waals surface area contributed by atoms with E-state index in [1.54, 1.807) is 11.8 Å². The standard InChI is InChI=1S/C2H3ClS/c3-2-1-4-2/h2H,1H2. The molecular weight excluding hydrogens is 91.5 g/mol. The van der Waals surface area contributed by atoms with Crippen molar-refractivity contribution in [2.75, 3.05) is 5.75 Å². The molecule has 4 heavy (non-hydrogen) atoms. The molecule has 2 heteroatoms. The van der Waals surface area contributed by atoms with Crippen molar-refractivity contribution in [1.29, 1.82) is 0 Å². The van der Waals surface area contributed by atoms with Crippen LogP contribution >= 0.6 is 23.4 Å². The Balaban J connectivity index is 2.17. The van der Waals surface area contributed by atoms with Gasteiger partial charge in [-0.15, -0.1) is 23.4 Å². The van der Waals surface area contributed by atoms with Crippen molar-refractivity contribution in [1.82, 2.24) is 0 Å². The Morgan fingerprint density at radius 1 is 2.00 bits per heavy atom. The van der Waals surface area contributed by atoms with Gasteiger partial charge in [-0.05, 0) is 0 Å². The van der Waals surface area contributed by atoms with Crippen molar-refractivity contribution in [3.63, 3.8) is 0 Å². The highest BCUT2D eigenvalue weighted by Gasteiger charge is 2.17. The van der Waals surface area contributed by atoms with Gasteiger partial charge in [0.05, 0.1) is 4.71 Å². The lowest BCUT2D eigenvalue weighted by Crippen LogP contribution is -1.48. The van der Waals surface area contributed by atoms with E-state index < -0.39 is 0 Å². The van der Waals surface area contributed by atoms with Gasteiger partial charge in [-0.3, -0.25) is 0 Å². The Hall–Kier alpha value is 0.640. The number of thioether (sulfide) groups is 1. The monoisotopic (exact) mass is 94.0 g/mol. The largest absolute Gasteiger partial charge is 0.139 e. The van der Waals surface area contributed by atoms with Gasteiger partial charge in [0.1, 0.15) is 0 Å². The highest BCUT2D eigenvalue weighted by molar-refractivity contribution is 8.08. The number of halogens is 1. The molecular formula is C2H3ClS. The molecule has 1 aliphatic heterocycles. The molecule has 0 radical (unpaired) electrons. The Labute approximate surface area is 34.5 Å². The highest BCUT2D eigenvalue weighted by atomic mass is 35.5. The summed E-state index contributed by atoms with van der Waals surface area (Å²) < 4.78 is 0.472. The van der Waals surface area contributed by atoms with Crippen LogP contribution in [-0.2, 0) is 0 Å². The molecule has 1 atom stereocenters. The Bertz CT molecular complexity index is 25.2. The lowest BCUT2D eigenvalue weighted by molar-refractivity contribution is 1.61. The normalized spacial score (nSPS) is 39.8. The first-order valence-electron chi connectivity index (χ1n) is 1.15. The van der Waals surface area contributed by atoms with Gasteiger partial charge in [0.15, 0.2) is 0 Å². The summed E-state index contributed by atoms with van der Waals surface area (Å²) in [6.45, 7) is 0. The summed E-state index contributed by atoms with van der Waals surface area (Å²) in [7, 11) is 0. The van der Waals surface area contributed by atoms with Crippen LogP contribution in [0, 0.1) is 0 Å². The number of hydrogen-bond donors (Lipinski definition) is 0. The molecule has 0 amide bonds. The molecule has 0 saturated carbocycles. The lowest BCUT2D eigenvalue weighted by Gasteiger charge is -1.48. The van der Waals surface area contributed by atoms with Crippen LogP contribution in [-0.4, -0.2) is 10.5 Å². The molecule has 0 aromatic rings. The summed E-state index contributed by atoms with van der Waals surface area (Å²) in [5.41, 5.74) is 0. The first-order valence-corrected chi connectivity index (χ1v) is 2.64. The predicted octanol–water partition coefficient (Wildman–Crippen LogP) is 1.30. The molecule has 0 spiro atoms. The van der Waals surface area contributed by atoms with Gasteiger partial charge in [0.25, 0.3) is 0 Å². The van der Waals surface area contributed by atoms with Crippen LogP contribution in [0.2, 0.25) is 0 Å². The number of rotatable bonds is 0. The van der Waals surface area contributed by atoms with E-state index in [1.807, 2.05) is 0 Å². The van der Waals surface area contributed by atoms with Crippen molar-refractivity contribution < 1.29 is 0 Å². The number of hydrogen-bond acceptors (Lipinski definition) is 1. The van der Waals surface area contributed by atoms with E-state index in [0.717, 1.165) is 0 Å². The maximum absolute atomic E-state index is 5.35. The predicted molar refractivity (Wildman–Crippen MR) is 22.1 cm³/mol. The van der Waals surface area contributed by atoms with E-state index in [1.165, 1.54) is 5.75 Å². The summed E-state index contributed by atoms with van der Waals surface area (Å²) in [4.78, 5) is 0. The minimum Gasteiger partial charge on any atom is -0.139 e. The van der Waals surface area contributed by atoms with Crippen LogP contribution in [0.1, 0.15) is 0 Å². The molecule has 0 aliphatic carbocycles. The first kappa shape index (κ1) is 2.86. The minimum atomic E-state index is 0.472. The topological polar surface area (TPSA) is 0 Å². The zero-order valence-electron chi connectivity index (χ0n) is 2.07. The molecule has 0 aromatic carbocycles. The van der Waals surface area contributed by atoms with Crippen LogP contribution < -0.4 is 0 Å². The SMILES string of the molecule is ClC1CS1. The first-order chi connectivity index (χ1) is 1.89. The number of alkyl halides is 1. The third-order valence-electron chi connectivity index (χ3n) is 0.293. The van der Waals surface area contributed by atoms with Gasteiger partial charge in [0, 0.05) is 5.75 Å². The fourth-order valence-corrected chi connectivity index (χ4v) is 0.327. The Morgan fingerprint density at radius 2 is 2.25 bits per heavy atom. The van der Waals surface area contributed by atoms with Crippen molar-refractivity contribution in [2.24, 2.45) is 0 Å². The summed E-state index contributed by atoms with van der Waals surface area (Å²) in [5, 5.41) is 0. The smallest absolute Gasteiger partial charge is 0.0880 e. The van der Waals surface area contributed by atoms with Crippen molar-refractivity contribution in [2.45, 2.75) is 4.71 Å². The van der Waals surface area contributed by atoms with E-state index in [2.05, 4.69) is 0 Å². The van der Waals surface area contributed by atoms with Gasteiger partial charge in [-0.1, -0.05) is 0 Å². The maximum atomic E-state index is 5.35. The van der Waals surface area contributed by atoms with E-state index in [0.29, 0.717) is 4.71 Å². The lowest BCUT2D eigenvalue weighted by atomic mass is 11.0. The summed E-state index contributed by atoms with van der Waals surface area (Å²) in [5.74, 6) is 1.17. The second kappa shape index (κ2) is 0.798. The van der Waals surface area contributed by atoms with Gasteiger partial charge < -0.3 is 0 Å². The van der Waals surface area contributed by atoms with E-state index in [4.69, 9.17) is 11.6 Å². The molecule has 1 aliphatic rings. The van der Waals surface area contributed by atoms with Gasteiger partial charge in [-0.2, -0.15) is 0 Å². The van der Waals surface area contributed by atoms with Crippen LogP contribution in [0.25, 0.3) is 0 Å².